The van der Waals surface area contributed by atoms with Crippen molar-refractivity contribution in [3.05, 3.63) is 30.1 Å². The average Bonchev–Trinajstić information content (AvgIpc) is 2.84. The first-order chi connectivity index (χ1) is 9.77. The van der Waals surface area contributed by atoms with Gasteiger partial charge in [0.15, 0.2) is 0 Å². The minimum Gasteiger partial charge on any atom is -0.327 e. The third-order valence-corrected chi connectivity index (χ3v) is 4.28. The molecule has 3 nitrogen and oxygen atoms in total. The van der Waals surface area contributed by atoms with Gasteiger partial charge in [0.05, 0.1) is 17.1 Å². The number of unbranched alkanes of at least 4 members (excludes halogenated alkanes) is 2. The van der Waals surface area contributed by atoms with Gasteiger partial charge in [0.2, 0.25) is 0 Å². The van der Waals surface area contributed by atoms with Crippen LogP contribution in [0.15, 0.2) is 24.3 Å². The fourth-order valence-corrected chi connectivity index (χ4v) is 3.00. The van der Waals surface area contributed by atoms with E-state index >= 15 is 0 Å². The van der Waals surface area contributed by atoms with Crippen molar-refractivity contribution in [2.45, 2.75) is 45.2 Å². The van der Waals surface area contributed by atoms with Gasteiger partial charge in [-0.15, -0.1) is 0 Å². The molecule has 0 aliphatic heterocycles. The van der Waals surface area contributed by atoms with Crippen molar-refractivity contribution in [1.82, 2.24) is 9.55 Å². The number of aryl methyl sites for hydroxylation is 1. The third kappa shape index (κ3) is 3.55. The lowest BCUT2D eigenvalue weighted by Crippen LogP contribution is -2.17. The van der Waals surface area contributed by atoms with Gasteiger partial charge in [0.1, 0.15) is 5.82 Å². The first kappa shape index (κ1) is 15.4. The van der Waals surface area contributed by atoms with Crippen LogP contribution in [0.1, 0.15) is 44.5 Å². The van der Waals surface area contributed by atoms with Crippen molar-refractivity contribution in [1.29, 1.82) is 0 Å². The van der Waals surface area contributed by atoms with Gasteiger partial charge in [-0.25, -0.2) is 4.98 Å². The molecule has 0 saturated carbocycles. The van der Waals surface area contributed by atoms with E-state index in [2.05, 4.69) is 35.9 Å². The Morgan fingerprint density at radius 3 is 2.85 bits per heavy atom. The summed E-state index contributed by atoms with van der Waals surface area (Å²) in [5, 5.41) is 0. The molecule has 0 aliphatic rings. The summed E-state index contributed by atoms with van der Waals surface area (Å²) in [4.78, 5) is 4.77. The Hall–Kier alpha value is -1.00. The second-order valence-electron chi connectivity index (χ2n) is 5.21. The summed E-state index contributed by atoms with van der Waals surface area (Å²) >= 11 is 1.84. The number of hydrogen-bond donors (Lipinski definition) is 1. The minimum absolute atomic E-state index is 0.0384. The summed E-state index contributed by atoms with van der Waals surface area (Å²) in [6.07, 6.45) is 6.79. The van der Waals surface area contributed by atoms with Gasteiger partial charge in [0, 0.05) is 6.54 Å². The van der Waals surface area contributed by atoms with E-state index < -0.39 is 0 Å². The molecule has 0 saturated heterocycles. The number of rotatable bonds is 8. The second kappa shape index (κ2) is 7.70. The quantitative estimate of drug-likeness (QED) is 0.748. The maximum atomic E-state index is 6.35. The van der Waals surface area contributed by atoms with Crippen LogP contribution in [0.5, 0.6) is 0 Å². The molecule has 110 valence electrons. The minimum atomic E-state index is 0.0384. The molecule has 2 rings (SSSR count). The number of nitrogens with zero attached hydrogens (tertiary/aromatic N) is 2. The van der Waals surface area contributed by atoms with E-state index in [-0.39, 0.29) is 6.04 Å². The molecule has 0 fully saturated rings. The molecule has 0 spiro atoms. The lowest BCUT2D eigenvalue weighted by atomic mass is 10.2. The molecule has 0 amide bonds. The van der Waals surface area contributed by atoms with Gasteiger partial charge < -0.3 is 10.3 Å². The number of imidazole rings is 1. The van der Waals surface area contributed by atoms with Crippen LogP contribution in [-0.2, 0) is 6.54 Å². The Morgan fingerprint density at radius 2 is 2.10 bits per heavy atom. The van der Waals surface area contributed by atoms with Crippen molar-refractivity contribution >= 4 is 22.8 Å². The van der Waals surface area contributed by atoms with E-state index in [0.29, 0.717) is 0 Å². The fourth-order valence-electron chi connectivity index (χ4n) is 2.51. The van der Waals surface area contributed by atoms with E-state index in [0.717, 1.165) is 30.1 Å². The lowest BCUT2D eigenvalue weighted by molar-refractivity contribution is 0.551. The van der Waals surface area contributed by atoms with E-state index in [4.69, 9.17) is 10.7 Å². The van der Waals surface area contributed by atoms with Crippen LogP contribution in [0.25, 0.3) is 11.0 Å². The molecular formula is C16H25N3S. The van der Waals surface area contributed by atoms with E-state index in [1.165, 1.54) is 24.8 Å². The van der Waals surface area contributed by atoms with Gasteiger partial charge in [0.25, 0.3) is 0 Å². The van der Waals surface area contributed by atoms with Crippen LogP contribution < -0.4 is 5.73 Å². The van der Waals surface area contributed by atoms with Crippen molar-refractivity contribution in [3.63, 3.8) is 0 Å². The monoisotopic (exact) mass is 291 g/mol. The highest BCUT2D eigenvalue weighted by Crippen LogP contribution is 2.23. The first-order valence-corrected chi connectivity index (χ1v) is 8.87. The number of benzene rings is 1. The largest absolute Gasteiger partial charge is 0.327 e. The first-order valence-electron chi connectivity index (χ1n) is 7.47. The topological polar surface area (TPSA) is 43.8 Å². The van der Waals surface area contributed by atoms with Gasteiger partial charge >= 0.3 is 0 Å². The molecule has 2 aromatic rings. The molecule has 1 atom stereocenters. The number of fused-ring (bicyclic) bond motifs is 1. The number of aromatic nitrogens is 2. The summed E-state index contributed by atoms with van der Waals surface area (Å²) in [7, 11) is 0. The van der Waals surface area contributed by atoms with Crippen LogP contribution in [0.4, 0.5) is 0 Å². The molecule has 1 aromatic heterocycles. The maximum Gasteiger partial charge on any atom is 0.126 e. The highest BCUT2D eigenvalue weighted by Gasteiger charge is 2.16. The van der Waals surface area contributed by atoms with E-state index in [1.54, 1.807) is 0 Å². The smallest absolute Gasteiger partial charge is 0.126 e. The number of para-hydroxylation sites is 2. The van der Waals surface area contributed by atoms with Crippen LogP contribution in [0.3, 0.4) is 0 Å². The molecule has 2 N–H and O–H groups in total. The van der Waals surface area contributed by atoms with Crippen molar-refractivity contribution in [2.75, 3.05) is 12.0 Å². The Labute approximate surface area is 125 Å². The SMILES string of the molecule is CCCCCn1c(C(N)CCSC)nc2ccccc21. The molecule has 1 unspecified atom stereocenters. The third-order valence-electron chi connectivity index (χ3n) is 3.63. The normalized spacial score (nSPS) is 12.9. The molecule has 0 radical (unpaired) electrons. The van der Waals surface area contributed by atoms with Gasteiger partial charge in [-0.3, -0.25) is 0 Å². The Morgan fingerprint density at radius 1 is 1.30 bits per heavy atom. The van der Waals surface area contributed by atoms with Crippen molar-refractivity contribution < 1.29 is 0 Å². The zero-order valence-corrected chi connectivity index (χ0v) is 13.3. The Bertz CT molecular complexity index is 536. The average molecular weight is 291 g/mol. The number of thioether (sulfide) groups is 1. The molecule has 0 aliphatic carbocycles. The highest BCUT2D eigenvalue weighted by atomic mass is 32.2. The summed E-state index contributed by atoms with van der Waals surface area (Å²) in [5.74, 6) is 2.13. The van der Waals surface area contributed by atoms with Crippen LogP contribution in [-0.4, -0.2) is 21.6 Å². The van der Waals surface area contributed by atoms with Crippen molar-refractivity contribution in [3.8, 4) is 0 Å². The number of nitrogens with two attached hydrogens (primary N) is 1. The van der Waals surface area contributed by atoms with Gasteiger partial charge in [-0.2, -0.15) is 11.8 Å². The molecule has 4 heteroatoms. The van der Waals surface area contributed by atoms with E-state index in [1.807, 2.05) is 17.8 Å². The molecule has 20 heavy (non-hydrogen) atoms. The van der Waals surface area contributed by atoms with Crippen molar-refractivity contribution in [2.24, 2.45) is 5.73 Å². The van der Waals surface area contributed by atoms with Gasteiger partial charge in [-0.05, 0) is 37.0 Å². The zero-order chi connectivity index (χ0) is 14.4. The van der Waals surface area contributed by atoms with E-state index in [9.17, 15) is 0 Å². The fraction of sp³-hybridized carbons (Fsp3) is 0.562. The predicted octanol–water partition coefficient (Wildman–Crippen LogP) is 3.98. The zero-order valence-electron chi connectivity index (χ0n) is 12.5. The molecular weight excluding hydrogens is 266 g/mol. The Kier molecular flexibility index (Phi) is 5.92. The molecule has 1 heterocycles. The predicted molar refractivity (Wildman–Crippen MR) is 89.2 cm³/mol. The maximum absolute atomic E-state index is 6.35. The van der Waals surface area contributed by atoms with Crippen LogP contribution in [0, 0.1) is 0 Å². The molecule has 0 bridgehead atoms. The lowest BCUT2D eigenvalue weighted by Gasteiger charge is -2.14. The Balaban J connectivity index is 2.28. The second-order valence-corrected chi connectivity index (χ2v) is 6.19. The summed E-state index contributed by atoms with van der Waals surface area (Å²) in [6, 6.07) is 8.40. The summed E-state index contributed by atoms with van der Waals surface area (Å²) < 4.78 is 2.33. The molecule has 1 aromatic carbocycles. The summed E-state index contributed by atoms with van der Waals surface area (Å²) in [6.45, 7) is 3.26. The van der Waals surface area contributed by atoms with Crippen LogP contribution >= 0.6 is 11.8 Å². The standard InChI is InChI=1S/C16H25N3S/c1-3-4-7-11-19-15-9-6-5-8-14(15)18-16(19)13(17)10-12-20-2/h5-6,8-9,13H,3-4,7,10-12,17H2,1-2H3. The highest BCUT2D eigenvalue weighted by molar-refractivity contribution is 7.98. The summed E-state index contributed by atoms with van der Waals surface area (Å²) in [5.41, 5.74) is 8.64. The van der Waals surface area contributed by atoms with Crippen LogP contribution in [0.2, 0.25) is 0 Å². The number of hydrogen-bond acceptors (Lipinski definition) is 3. The van der Waals surface area contributed by atoms with Gasteiger partial charge in [-0.1, -0.05) is 31.9 Å².